The number of nitrogens with one attached hydrogen (secondary N) is 1. The fourth-order valence-electron chi connectivity index (χ4n) is 1.79. The van der Waals surface area contributed by atoms with Gasteiger partial charge in [0.05, 0.1) is 27.7 Å². The van der Waals surface area contributed by atoms with Crippen LogP contribution in [0.3, 0.4) is 0 Å². The van der Waals surface area contributed by atoms with Crippen LogP contribution in [0.15, 0.2) is 24.4 Å². The van der Waals surface area contributed by atoms with E-state index >= 15 is 0 Å². The lowest BCUT2D eigenvalue weighted by Gasteiger charge is -2.08. The van der Waals surface area contributed by atoms with Crippen molar-refractivity contribution in [3.8, 4) is 6.07 Å². The molecule has 0 spiro atoms. The summed E-state index contributed by atoms with van der Waals surface area (Å²) in [7, 11) is 1.87. The SMILES string of the molecule is CCc1nn(C)cc1Nc1cccc(Cl)c1C#N. The lowest BCUT2D eigenvalue weighted by Crippen LogP contribution is -1.96. The van der Waals surface area contributed by atoms with Gasteiger partial charge in [-0.05, 0) is 18.6 Å². The molecule has 0 amide bonds. The predicted octanol–water partition coefficient (Wildman–Crippen LogP) is 3.25. The van der Waals surface area contributed by atoms with E-state index in [9.17, 15) is 0 Å². The van der Waals surface area contributed by atoms with E-state index in [1.54, 1.807) is 10.7 Å². The Labute approximate surface area is 111 Å². The quantitative estimate of drug-likeness (QED) is 0.922. The molecule has 0 aliphatic carbocycles. The van der Waals surface area contributed by atoms with Crippen LogP contribution in [0.2, 0.25) is 5.02 Å². The van der Waals surface area contributed by atoms with Crippen LogP contribution in [0.4, 0.5) is 11.4 Å². The van der Waals surface area contributed by atoms with E-state index in [1.165, 1.54) is 0 Å². The number of hydrogen-bond acceptors (Lipinski definition) is 3. The molecule has 2 rings (SSSR count). The summed E-state index contributed by atoms with van der Waals surface area (Å²) in [6.07, 6.45) is 2.71. The molecule has 0 bridgehead atoms. The average Bonchev–Trinajstić information content (AvgIpc) is 2.70. The van der Waals surface area contributed by atoms with E-state index in [2.05, 4.69) is 16.5 Å². The van der Waals surface area contributed by atoms with Gasteiger partial charge in [0.2, 0.25) is 0 Å². The number of hydrogen-bond donors (Lipinski definition) is 1. The maximum Gasteiger partial charge on any atom is 0.103 e. The summed E-state index contributed by atoms with van der Waals surface area (Å²) in [5.41, 5.74) is 3.01. The first-order valence-electron chi connectivity index (χ1n) is 5.63. The second-order valence-electron chi connectivity index (χ2n) is 3.92. The zero-order valence-corrected chi connectivity index (χ0v) is 11.0. The van der Waals surface area contributed by atoms with Crippen molar-refractivity contribution in [2.75, 3.05) is 5.32 Å². The number of rotatable bonds is 3. The number of aromatic nitrogens is 2. The number of benzene rings is 1. The summed E-state index contributed by atoms with van der Waals surface area (Å²) < 4.78 is 1.75. The van der Waals surface area contributed by atoms with E-state index < -0.39 is 0 Å². The third kappa shape index (κ3) is 2.31. The molecule has 4 nitrogen and oxygen atoms in total. The molecule has 0 radical (unpaired) electrons. The van der Waals surface area contributed by atoms with Crippen LogP contribution in [0.5, 0.6) is 0 Å². The van der Waals surface area contributed by atoms with Gasteiger partial charge in [0, 0.05) is 13.2 Å². The Balaban J connectivity index is 2.40. The first kappa shape index (κ1) is 12.5. The Bertz CT molecular complexity index is 610. The van der Waals surface area contributed by atoms with Gasteiger partial charge in [-0.2, -0.15) is 10.4 Å². The lowest BCUT2D eigenvalue weighted by molar-refractivity contribution is 0.746. The van der Waals surface area contributed by atoms with Crippen molar-refractivity contribution in [2.24, 2.45) is 7.05 Å². The lowest BCUT2D eigenvalue weighted by atomic mass is 10.2. The molecule has 1 heterocycles. The number of nitrogens with zero attached hydrogens (tertiary/aromatic N) is 3. The van der Waals surface area contributed by atoms with Crippen molar-refractivity contribution < 1.29 is 0 Å². The summed E-state index contributed by atoms with van der Waals surface area (Å²) in [4.78, 5) is 0. The van der Waals surface area contributed by atoms with Crippen molar-refractivity contribution in [3.05, 3.63) is 40.7 Å². The van der Waals surface area contributed by atoms with Crippen LogP contribution < -0.4 is 5.32 Å². The average molecular weight is 261 g/mol. The van der Waals surface area contributed by atoms with Gasteiger partial charge in [-0.15, -0.1) is 0 Å². The third-order valence-corrected chi connectivity index (χ3v) is 2.95. The first-order chi connectivity index (χ1) is 8.65. The Hall–Kier alpha value is -1.99. The Morgan fingerprint density at radius 1 is 1.44 bits per heavy atom. The molecule has 1 N–H and O–H groups in total. The summed E-state index contributed by atoms with van der Waals surface area (Å²) in [5, 5.41) is 17.1. The topological polar surface area (TPSA) is 53.6 Å². The van der Waals surface area contributed by atoms with E-state index in [0.717, 1.165) is 17.8 Å². The fourth-order valence-corrected chi connectivity index (χ4v) is 2.00. The van der Waals surface area contributed by atoms with Gasteiger partial charge in [0.15, 0.2) is 0 Å². The highest BCUT2D eigenvalue weighted by Crippen LogP contribution is 2.27. The third-order valence-electron chi connectivity index (χ3n) is 2.63. The molecule has 1 aromatic heterocycles. The minimum absolute atomic E-state index is 0.449. The van der Waals surface area contributed by atoms with Crippen LogP contribution in [-0.4, -0.2) is 9.78 Å². The summed E-state index contributed by atoms with van der Waals surface area (Å²) in [6.45, 7) is 2.04. The molecule has 1 aromatic carbocycles. The Morgan fingerprint density at radius 3 is 2.89 bits per heavy atom. The molecule has 0 saturated heterocycles. The molecule has 18 heavy (non-hydrogen) atoms. The van der Waals surface area contributed by atoms with E-state index in [0.29, 0.717) is 16.3 Å². The molecule has 0 saturated carbocycles. The standard InChI is InChI=1S/C13H13ClN4/c1-3-11-13(8-18(2)17-11)16-12-6-4-5-10(14)9(12)7-15/h4-6,8,16H,3H2,1-2H3. The molecule has 0 unspecified atom stereocenters. The van der Waals surface area contributed by atoms with Crippen LogP contribution >= 0.6 is 11.6 Å². The first-order valence-corrected chi connectivity index (χ1v) is 6.01. The summed E-state index contributed by atoms with van der Waals surface area (Å²) in [6, 6.07) is 7.45. The minimum atomic E-state index is 0.449. The van der Waals surface area contributed by atoms with Crippen LogP contribution in [0.1, 0.15) is 18.2 Å². The minimum Gasteiger partial charge on any atom is -0.352 e. The Kier molecular flexibility index (Phi) is 3.54. The van der Waals surface area contributed by atoms with Crippen molar-refractivity contribution >= 4 is 23.0 Å². The second kappa shape index (κ2) is 5.11. The zero-order valence-electron chi connectivity index (χ0n) is 10.2. The van der Waals surface area contributed by atoms with E-state index in [4.69, 9.17) is 16.9 Å². The van der Waals surface area contributed by atoms with Crippen LogP contribution in [0.25, 0.3) is 0 Å². The van der Waals surface area contributed by atoms with Gasteiger partial charge >= 0.3 is 0 Å². The number of anilines is 2. The highest BCUT2D eigenvalue weighted by molar-refractivity contribution is 6.32. The second-order valence-corrected chi connectivity index (χ2v) is 4.32. The molecule has 2 aromatic rings. The van der Waals surface area contributed by atoms with Gasteiger partial charge < -0.3 is 5.32 Å². The number of nitriles is 1. The molecule has 0 aliphatic rings. The molecule has 92 valence electrons. The smallest absolute Gasteiger partial charge is 0.103 e. The van der Waals surface area contributed by atoms with Crippen molar-refractivity contribution in [2.45, 2.75) is 13.3 Å². The highest BCUT2D eigenvalue weighted by atomic mass is 35.5. The van der Waals surface area contributed by atoms with Gasteiger partial charge in [-0.25, -0.2) is 0 Å². The molecule has 5 heteroatoms. The normalized spacial score (nSPS) is 10.1. The molecule has 0 fully saturated rings. The molecular formula is C13H13ClN4. The van der Waals surface area contributed by atoms with Crippen LogP contribution in [0, 0.1) is 11.3 Å². The number of halogens is 1. The Morgan fingerprint density at radius 2 is 2.22 bits per heavy atom. The van der Waals surface area contributed by atoms with Crippen molar-refractivity contribution in [1.82, 2.24) is 9.78 Å². The maximum absolute atomic E-state index is 9.11. The monoisotopic (exact) mass is 260 g/mol. The fraction of sp³-hybridized carbons (Fsp3) is 0.231. The largest absolute Gasteiger partial charge is 0.352 e. The van der Waals surface area contributed by atoms with Crippen LogP contribution in [-0.2, 0) is 13.5 Å². The molecular weight excluding hydrogens is 248 g/mol. The highest BCUT2D eigenvalue weighted by Gasteiger charge is 2.10. The van der Waals surface area contributed by atoms with Gasteiger partial charge in [-0.3, -0.25) is 4.68 Å². The zero-order chi connectivity index (χ0) is 13.1. The van der Waals surface area contributed by atoms with Gasteiger partial charge in [0.1, 0.15) is 6.07 Å². The van der Waals surface area contributed by atoms with Crippen molar-refractivity contribution in [1.29, 1.82) is 5.26 Å². The summed E-state index contributed by atoms with van der Waals surface area (Å²) in [5.74, 6) is 0. The molecule has 0 aliphatic heterocycles. The van der Waals surface area contributed by atoms with Gasteiger partial charge in [-0.1, -0.05) is 24.6 Å². The van der Waals surface area contributed by atoms with E-state index in [1.807, 2.05) is 32.3 Å². The summed E-state index contributed by atoms with van der Waals surface area (Å²) >= 11 is 5.99. The number of aryl methyl sites for hydroxylation is 2. The van der Waals surface area contributed by atoms with Gasteiger partial charge in [0.25, 0.3) is 0 Å². The maximum atomic E-state index is 9.11. The van der Waals surface area contributed by atoms with E-state index in [-0.39, 0.29) is 0 Å². The molecule has 0 atom stereocenters. The predicted molar refractivity (Wildman–Crippen MR) is 72.0 cm³/mol. The van der Waals surface area contributed by atoms with Crippen molar-refractivity contribution in [3.63, 3.8) is 0 Å².